The van der Waals surface area contributed by atoms with E-state index in [1.165, 1.54) is 5.56 Å². The van der Waals surface area contributed by atoms with Crippen LogP contribution in [0, 0.1) is 0 Å². The lowest BCUT2D eigenvalue weighted by atomic mass is 10.0. The van der Waals surface area contributed by atoms with Gasteiger partial charge in [0.1, 0.15) is 0 Å². The molecule has 0 amide bonds. The Bertz CT molecular complexity index is 285. The number of rotatable bonds is 5. The highest BCUT2D eigenvalue weighted by Gasteiger charge is 2.15. The minimum Gasteiger partial charge on any atom is -0.396 e. The summed E-state index contributed by atoms with van der Waals surface area (Å²) in [4.78, 5) is 0. The van der Waals surface area contributed by atoms with Crippen LogP contribution in [0.1, 0.15) is 25.8 Å². The van der Waals surface area contributed by atoms with Gasteiger partial charge in [0.15, 0.2) is 0 Å². The Labute approximate surface area is 97.5 Å². The Kier molecular flexibility index (Phi) is 4.57. The zero-order chi connectivity index (χ0) is 10.6. The molecule has 0 bridgehead atoms. The van der Waals surface area contributed by atoms with E-state index in [0.29, 0.717) is 0 Å². The third-order valence-electron chi connectivity index (χ3n) is 2.13. The van der Waals surface area contributed by atoms with Gasteiger partial charge in [-0.1, -0.05) is 0 Å². The van der Waals surface area contributed by atoms with E-state index < -0.39 is 0 Å². The maximum atomic E-state index is 8.86. The summed E-state index contributed by atoms with van der Waals surface area (Å²) in [6.45, 7) is 5.29. The molecule has 0 unspecified atom stereocenters. The molecule has 0 saturated carbocycles. The van der Waals surface area contributed by atoms with Crippen molar-refractivity contribution in [2.75, 3.05) is 6.61 Å². The quantitative estimate of drug-likeness (QED) is 0.868. The number of thiophene rings is 1. The highest BCUT2D eigenvalue weighted by Crippen LogP contribution is 2.21. The van der Waals surface area contributed by atoms with Crippen LogP contribution in [0.25, 0.3) is 0 Å². The molecule has 0 aliphatic rings. The van der Waals surface area contributed by atoms with Gasteiger partial charge in [-0.25, -0.2) is 0 Å². The predicted molar refractivity (Wildman–Crippen MR) is 64.6 cm³/mol. The Morgan fingerprint density at radius 2 is 2.29 bits per heavy atom. The van der Waals surface area contributed by atoms with Crippen LogP contribution in [0.5, 0.6) is 0 Å². The van der Waals surface area contributed by atoms with E-state index in [2.05, 4.69) is 46.5 Å². The van der Waals surface area contributed by atoms with E-state index in [-0.39, 0.29) is 12.1 Å². The maximum Gasteiger partial charge on any atom is 0.0701 e. The zero-order valence-electron chi connectivity index (χ0n) is 8.51. The highest BCUT2D eigenvalue weighted by molar-refractivity contribution is 9.11. The van der Waals surface area contributed by atoms with Crippen molar-refractivity contribution in [1.29, 1.82) is 0 Å². The molecule has 2 N–H and O–H groups in total. The average Bonchev–Trinajstić information content (AvgIpc) is 2.48. The summed E-state index contributed by atoms with van der Waals surface area (Å²) >= 11 is 5.13. The molecule has 0 aliphatic carbocycles. The van der Waals surface area contributed by atoms with Crippen molar-refractivity contribution >= 4 is 27.3 Å². The minimum absolute atomic E-state index is 0.00314. The monoisotopic (exact) mass is 277 g/mol. The molecule has 1 rings (SSSR count). The van der Waals surface area contributed by atoms with Crippen molar-refractivity contribution in [1.82, 2.24) is 5.32 Å². The van der Waals surface area contributed by atoms with Gasteiger partial charge in [-0.05, 0) is 53.2 Å². The van der Waals surface area contributed by atoms with Gasteiger partial charge in [0.05, 0.1) is 3.79 Å². The second kappa shape index (κ2) is 5.26. The minimum atomic E-state index is 0.00314. The SMILES string of the molecule is CC(C)(CCO)NCc1csc(Br)c1. The molecule has 0 aromatic carbocycles. The smallest absolute Gasteiger partial charge is 0.0701 e. The number of halogens is 1. The first-order valence-electron chi connectivity index (χ1n) is 4.62. The molecule has 80 valence electrons. The molecular formula is C10H16BrNOS. The Balaban J connectivity index is 2.40. The first kappa shape index (κ1) is 12.2. The van der Waals surface area contributed by atoms with Gasteiger partial charge in [-0.15, -0.1) is 11.3 Å². The van der Waals surface area contributed by atoms with Crippen LogP contribution in [0.2, 0.25) is 0 Å². The third kappa shape index (κ3) is 4.09. The standard InChI is InChI=1S/C10H16BrNOS/c1-10(2,3-4-13)12-6-8-5-9(11)14-7-8/h5,7,12-13H,3-4,6H2,1-2H3. The Morgan fingerprint density at radius 1 is 1.57 bits per heavy atom. The molecule has 0 fully saturated rings. The molecular weight excluding hydrogens is 262 g/mol. The first-order valence-corrected chi connectivity index (χ1v) is 6.29. The van der Waals surface area contributed by atoms with E-state index in [0.717, 1.165) is 16.8 Å². The lowest BCUT2D eigenvalue weighted by Gasteiger charge is -2.25. The van der Waals surface area contributed by atoms with Crippen molar-refractivity contribution in [3.05, 3.63) is 20.8 Å². The Hall–Kier alpha value is 0.100. The average molecular weight is 278 g/mol. The van der Waals surface area contributed by atoms with Crippen molar-refractivity contribution in [2.45, 2.75) is 32.4 Å². The fraction of sp³-hybridized carbons (Fsp3) is 0.600. The van der Waals surface area contributed by atoms with Crippen LogP contribution in [0.3, 0.4) is 0 Å². The Morgan fingerprint density at radius 3 is 2.79 bits per heavy atom. The fourth-order valence-corrected chi connectivity index (χ4v) is 2.36. The maximum absolute atomic E-state index is 8.86. The van der Waals surface area contributed by atoms with Crippen LogP contribution in [-0.2, 0) is 6.54 Å². The molecule has 4 heteroatoms. The molecule has 14 heavy (non-hydrogen) atoms. The van der Waals surface area contributed by atoms with Gasteiger partial charge < -0.3 is 10.4 Å². The van der Waals surface area contributed by atoms with Crippen LogP contribution in [0.15, 0.2) is 15.2 Å². The predicted octanol–water partition coefficient (Wildman–Crippen LogP) is 2.76. The van der Waals surface area contributed by atoms with Gasteiger partial charge in [-0.2, -0.15) is 0 Å². The van der Waals surface area contributed by atoms with Gasteiger partial charge in [-0.3, -0.25) is 0 Å². The van der Waals surface area contributed by atoms with Crippen LogP contribution in [-0.4, -0.2) is 17.3 Å². The molecule has 0 aliphatic heterocycles. The highest BCUT2D eigenvalue weighted by atomic mass is 79.9. The first-order chi connectivity index (χ1) is 6.53. The van der Waals surface area contributed by atoms with Crippen molar-refractivity contribution < 1.29 is 5.11 Å². The normalized spacial score (nSPS) is 12.0. The van der Waals surface area contributed by atoms with E-state index in [9.17, 15) is 0 Å². The molecule has 1 heterocycles. The molecule has 2 nitrogen and oxygen atoms in total. The van der Waals surface area contributed by atoms with Gasteiger partial charge >= 0.3 is 0 Å². The van der Waals surface area contributed by atoms with E-state index in [4.69, 9.17) is 5.11 Å². The van der Waals surface area contributed by atoms with Crippen molar-refractivity contribution in [3.63, 3.8) is 0 Å². The van der Waals surface area contributed by atoms with Crippen LogP contribution >= 0.6 is 27.3 Å². The topological polar surface area (TPSA) is 32.3 Å². The van der Waals surface area contributed by atoms with E-state index >= 15 is 0 Å². The van der Waals surface area contributed by atoms with Crippen LogP contribution in [0.4, 0.5) is 0 Å². The number of hydrogen-bond donors (Lipinski definition) is 2. The lowest BCUT2D eigenvalue weighted by Crippen LogP contribution is -2.39. The molecule has 1 aromatic rings. The van der Waals surface area contributed by atoms with E-state index in [1.807, 2.05) is 0 Å². The third-order valence-corrected chi connectivity index (χ3v) is 3.68. The van der Waals surface area contributed by atoms with Crippen molar-refractivity contribution in [2.24, 2.45) is 0 Å². The molecule has 0 saturated heterocycles. The summed E-state index contributed by atoms with van der Waals surface area (Å²) in [5, 5.41) is 14.4. The summed E-state index contributed by atoms with van der Waals surface area (Å²) in [5.41, 5.74) is 1.29. The summed E-state index contributed by atoms with van der Waals surface area (Å²) in [5.74, 6) is 0. The van der Waals surface area contributed by atoms with E-state index in [1.54, 1.807) is 11.3 Å². The van der Waals surface area contributed by atoms with Gasteiger partial charge in [0.25, 0.3) is 0 Å². The summed E-state index contributed by atoms with van der Waals surface area (Å²) in [7, 11) is 0. The summed E-state index contributed by atoms with van der Waals surface area (Å²) in [6.07, 6.45) is 0.776. The molecule has 0 radical (unpaired) electrons. The van der Waals surface area contributed by atoms with Gasteiger partial charge in [0.2, 0.25) is 0 Å². The molecule has 0 spiro atoms. The van der Waals surface area contributed by atoms with Crippen molar-refractivity contribution in [3.8, 4) is 0 Å². The number of hydrogen-bond acceptors (Lipinski definition) is 3. The second-order valence-electron chi connectivity index (χ2n) is 3.97. The largest absolute Gasteiger partial charge is 0.396 e. The van der Waals surface area contributed by atoms with Crippen LogP contribution < -0.4 is 5.32 Å². The van der Waals surface area contributed by atoms with Gasteiger partial charge in [0, 0.05) is 18.7 Å². The second-order valence-corrected chi connectivity index (χ2v) is 6.26. The number of aliphatic hydroxyl groups is 1. The molecule has 1 aromatic heterocycles. The number of aliphatic hydroxyl groups excluding tert-OH is 1. The summed E-state index contributed by atoms with van der Waals surface area (Å²) < 4.78 is 1.16. The fourth-order valence-electron chi connectivity index (χ4n) is 1.15. The number of nitrogens with one attached hydrogen (secondary N) is 1. The molecule has 0 atom stereocenters. The lowest BCUT2D eigenvalue weighted by molar-refractivity contribution is 0.230. The zero-order valence-corrected chi connectivity index (χ0v) is 10.9. The summed E-state index contributed by atoms with van der Waals surface area (Å²) in [6, 6.07) is 2.12.